The molecule has 3 aliphatic heterocycles. The number of ketones is 3. The maximum atomic E-state index is 13.5. The van der Waals surface area contributed by atoms with Crippen LogP contribution in [-0.4, -0.2) is 38.6 Å². The monoisotopic (exact) mass is 564 g/mol. The number of rotatable bonds is 2. The first-order chi connectivity index (χ1) is 20.8. The number of hydrogen-bond donors (Lipinski definition) is 3. The molecule has 3 N–H and O–H groups in total. The van der Waals surface area contributed by atoms with Crippen LogP contribution in [0.2, 0.25) is 0 Å². The second-order valence-corrected chi connectivity index (χ2v) is 10.6. The minimum Gasteiger partial charge on any atom is -0.505 e. The van der Waals surface area contributed by atoms with Gasteiger partial charge in [0.05, 0.1) is 11.2 Å². The van der Waals surface area contributed by atoms with E-state index in [0.29, 0.717) is 55.8 Å². The Morgan fingerprint density at radius 3 is 2.07 bits per heavy atom. The largest absolute Gasteiger partial charge is 0.505 e. The molecule has 8 rings (SSSR count). The third-order valence-corrected chi connectivity index (χ3v) is 8.07. The Kier molecular flexibility index (Phi) is 5.00. The van der Waals surface area contributed by atoms with Gasteiger partial charge in [-0.15, -0.1) is 0 Å². The van der Waals surface area contributed by atoms with E-state index in [1.807, 2.05) is 12.1 Å². The van der Waals surface area contributed by atoms with Crippen LogP contribution in [0, 0.1) is 0 Å². The second kappa shape index (κ2) is 8.70. The number of nitrogens with one attached hydrogen (secondary N) is 2. The van der Waals surface area contributed by atoms with Crippen molar-refractivity contribution < 1.29 is 24.3 Å². The van der Waals surface area contributed by atoms with E-state index in [2.05, 4.69) is 15.6 Å². The van der Waals surface area contributed by atoms with E-state index in [0.717, 1.165) is 0 Å². The fraction of sp³-hybridized carbons (Fsp3) is 0.0294. The molecule has 43 heavy (non-hydrogen) atoms. The quantitative estimate of drug-likeness (QED) is 0.220. The van der Waals surface area contributed by atoms with Crippen LogP contribution in [-0.2, 0) is 0 Å². The summed E-state index contributed by atoms with van der Waals surface area (Å²) in [5.74, 6) is -1.55. The van der Waals surface area contributed by atoms with Crippen molar-refractivity contribution in [2.45, 2.75) is 6.92 Å². The summed E-state index contributed by atoms with van der Waals surface area (Å²) in [6, 6.07) is 24.5. The van der Waals surface area contributed by atoms with Crippen LogP contribution in [0.4, 0.5) is 17.1 Å². The molecule has 0 saturated carbocycles. The number of aliphatic imine (C=N–C) groups is 1. The van der Waals surface area contributed by atoms with Gasteiger partial charge < -0.3 is 15.7 Å². The van der Waals surface area contributed by atoms with Gasteiger partial charge in [0.1, 0.15) is 22.8 Å². The summed E-state index contributed by atoms with van der Waals surface area (Å²) in [6.07, 6.45) is 0. The molecule has 3 aliphatic rings. The summed E-state index contributed by atoms with van der Waals surface area (Å²) in [6.45, 7) is 1.36. The summed E-state index contributed by atoms with van der Waals surface area (Å²) in [5, 5.41) is 17.9. The Morgan fingerprint density at radius 2 is 1.35 bits per heavy atom. The molecule has 0 saturated heterocycles. The summed E-state index contributed by atoms with van der Waals surface area (Å²) in [5.41, 5.74) is 5.25. The third kappa shape index (κ3) is 3.42. The fourth-order valence-corrected chi connectivity index (χ4v) is 6.04. The van der Waals surface area contributed by atoms with Crippen molar-refractivity contribution >= 4 is 56.9 Å². The molecule has 206 valence electrons. The maximum Gasteiger partial charge on any atom is 0.228 e. The number of Topliss-reactive ketones (excluding diaryl/α,β-unsaturated/α-hetero) is 3. The number of aromatic hydroxyl groups is 1. The number of aromatic nitrogens is 1. The van der Waals surface area contributed by atoms with Crippen LogP contribution in [0.1, 0.15) is 48.5 Å². The highest BCUT2D eigenvalue weighted by Gasteiger charge is 2.35. The molecule has 0 spiro atoms. The van der Waals surface area contributed by atoms with Crippen LogP contribution >= 0.6 is 0 Å². The van der Waals surface area contributed by atoms with Crippen molar-refractivity contribution in [1.29, 1.82) is 0 Å². The highest BCUT2D eigenvalue weighted by Crippen LogP contribution is 2.41. The molecule has 9 heteroatoms. The van der Waals surface area contributed by atoms with E-state index in [9.17, 15) is 24.3 Å². The zero-order valence-electron chi connectivity index (χ0n) is 22.6. The zero-order valence-corrected chi connectivity index (χ0v) is 22.6. The van der Waals surface area contributed by atoms with E-state index in [1.54, 1.807) is 72.8 Å². The molecule has 0 bridgehead atoms. The van der Waals surface area contributed by atoms with Crippen molar-refractivity contribution in [3.05, 3.63) is 119 Å². The lowest BCUT2D eigenvalue weighted by atomic mass is 9.99. The summed E-state index contributed by atoms with van der Waals surface area (Å²) < 4.78 is 1.30. The zero-order chi connectivity index (χ0) is 29.6. The number of benzene rings is 4. The number of nitrogens with zero attached hydrogens (tertiary/aromatic N) is 2. The maximum absolute atomic E-state index is 13.5. The van der Waals surface area contributed by atoms with Crippen LogP contribution in [0.15, 0.2) is 101 Å². The van der Waals surface area contributed by atoms with E-state index in [4.69, 9.17) is 0 Å². The average molecular weight is 565 g/mol. The minimum absolute atomic E-state index is 0.00126. The number of hydrogen-bond acceptors (Lipinski definition) is 8. The highest BCUT2D eigenvalue weighted by atomic mass is 16.3. The van der Waals surface area contributed by atoms with Crippen LogP contribution in [0.25, 0.3) is 22.0 Å². The molecule has 0 fully saturated rings. The Bertz CT molecular complexity index is 2240. The van der Waals surface area contributed by atoms with Gasteiger partial charge in [-0.05, 0) is 59.7 Å². The smallest absolute Gasteiger partial charge is 0.228 e. The van der Waals surface area contributed by atoms with Gasteiger partial charge in [0.2, 0.25) is 23.3 Å². The van der Waals surface area contributed by atoms with Crippen LogP contribution in [0.3, 0.4) is 0 Å². The van der Waals surface area contributed by atoms with Gasteiger partial charge in [-0.2, -0.15) is 0 Å². The standard InChI is InChI=1S/C34H20N4O5/c1-16(39)38-26-13-11-18(15-22(26)34(43)30(38)29-32(41)20-7-3-5-9-24(20)37-29)17-10-12-25-21(14-17)33(42)28(36-25)27-31(40)19-6-2-4-8-23(19)35-27/h2-15,35-36,43H,1H3/b28-27-. The molecule has 9 nitrogen and oxygen atoms in total. The minimum atomic E-state index is -0.383. The molecule has 1 aromatic heterocycles. The predicted octanol–water partition coefficient (Wildman–Crippen LogP) is 6.12. The first-order valence-electron chi connectivity index (χ1n) is 13.5. The Balaban J connectivity index is 1.20. The number of para-hydroxylation sites is 2. The summed E-state index contributed by atoms with van der Waals surface area (Å²) in [4.78, 5) is 56.9. The van der Waals surface area contributed by atoms with Crippen molar-refractivity contribution in [2.75, 3.05) is 10.6 Å². The molecule has 5 aromatic rings. The lowest BCUT2D eigenvalue weighted by Crippen LogP contribution is -2.19. The van der Waals surface area contributed by atoms with Crippen LogP contribution in [0.5, 0.6) is 5.75 Å². The average Bonchev–Trinajstić information content (AvgIpc) is 3.72. The van der Waals surface area contributed by atoms with Gasteiger partial charge >= 0.3 is 0 Å². The van der Waals surface area contributed by atoms with Crippen molar-refractivity contribution in [3.8, 4) is 16.9 Å². The van der Waals surface area contributed by atoms with Gasteiger partial charge in [0.25, 0.3) is 0 Å². The molecule has 0 atom stereocenters. The number of carbonyl (C=O) groups excluding carboxylic acids is 4. The first-order valence-corrected chi connectivity index (χ1v) is 13.5. The van der Waals surface area contributed by atoms with E-state index in [-0.39, 0.29) is 51.8 Å². The van der Waals surface area contributed by atoms with Crippen molar-refractivity contribution in [3.63, 3.8) is 0 Å². The van der Waals surface area contributed by atoms with Crippen LogP contribution < -0.4 is 10.6 Å². The number of fused-ring (bicyclic) bond motifs is 4. The predicted molar refractivity (Wildman–Crippen MR) is 162 cm³/mol. The van der Waals surface area contributed by atoms with Crippen molar-refractivity contribution in [1.82, 2.24) is 4.57 Å². The van der Waals surface area contributed by atoms with Gasteiger partial charge in [-0.3, -0.25) is 23.7 Å². The Morgan fingerprint density at radius 1 is 0.721 bits per heavy atom. The van der Waals surface area contributed by atoms with Gasteiger partial charge in [-0.25, -0.2) is 4.99 Å². The molecule has 0 aliphatic carbocycles. The topological polar surface area (TPSA) is 130 Å². The molecule has 4 heterocycles. The van der Waals surface area contributed by atoms with Gasteiger partial charge in [0.15, 0.2) is 5.75 Å². The van der Waals surface area contributed by atoms with Crippen molar-refractivity contribution in [2.24, 2.45) is 4.99 Å². The van der Waals surface area contributed by atoms with E-state index < -0.39 is 0 Å². The summed E-state index contributed by atoms with van der Waals surface area (Å²) in [7, 11) is 0. The number of allylic oxidation sites excluding steroid dienone is 2. The Hall–Kier alpha value is -6.09. The lowest BCUT2D eigenvalue weighted by Gasteiger charge is -2.07. The van der Waals surface area contributed by atoms with Gasteiger partial charge in [0, 0.05) is 40.4 Å². The number of carbonyl (C=O) groups is 4. The highest BCUT2D eigenvalue weighted by molar-refractivity contribution is 6.55. The number of anilines is 2. The SMILES string of the molecule is CC(=O)n1c(C2=Nc3ccccc3C2=O)c(O)c2cc(-c3ccc4c(c3)C(=O)/C(=C3/Nc5ccccc5C3=O)N4)ccc21. The third-order valence-electron chi connectivity index (χ3n) is 8.07. The van der Waals surface area contributed by atoms with Gasteiger partial charge in [-0.1, -0.05) is 36.4 Å². The first kappa shape index (κ1) is 24.7. The molecular formula is C34H20N4O5. The molecule has 0 radical (unpaired) electrons. The van der Waals surface area contributed by atoms with E-state index in [1.165, 1.54) is 11.5 Å². The molecule has 0 amide bonds. The normalized spacial score (nSPS) is 16.6. The fourth-order valence-electron chi connectivity index (χ4n) is 6.04. The molecular weight excluding hydrogens is 544 g/mol. The molecule has 0 unspecified atom stereocenters. The van der Waals surface area contributed by atoms with E-state index >= 15 is 0 Å². The lowest BCUT2D eigenvalue weighted by molar-refractivity contribution is 0.0939. The Labute approximate surface area is 243 Å². The second-order valence-electron chi connectivity index (χ2n) is 10.6. The summed E-state index contributed by atoms with van der Waals surface area (Å²) >= 11 is 0. The molecule has 4 aromatic carbocycles.